The van der Waals surface area contributed by atoms with Crippen molar-refractivity contribution in [1.29, 1.82) is 0 Å². The van der Waals surface area contributed by atoms with Crippen LogP contribution in [0.5, 0.6) is 0 Å². The molecule has 1 unspecified atom stereocenters. The second kappa shape index (κ2) is 7.09. The highest BCUT2D eigenvalue weighted by atomic mass is 79.9. The smallest absolute Gasteiger partial charge is 0.223 e. The van der Waals surface area contributed by atoms with E-state index in [4.69, 9.17) is 4.98 Å². The molecule has 0 radical (unpaired) electrons. The highest BCUT2D eigenvalue weighted by molar-refractivity contribution is 9.10. The van der Waals surface area contributed by atoms with Crippen molar-refractivity contribution in [2.75, 3.05) is 25.0 Å². The second-order valence-electron chi connectivity index (χ2n) is 6.89. The predicted octanol–water partition coefficient (Wildman–Crippen LogP) is 2.73. The monoisotopic (exact) mass is 393 g/mol. The Hall–Kier alpha value is -1.63. The first-order chi connectivity index (χ1) is 11.5. The SMILES string of the molecule is CNC(=O)C(CC(C)C)[C@@H]1CCN(c2ccn3ncc(Br)c3n2)C1. The van der Waals surface area contributed by atoms with Gasteiger partial charge in [-0.3, -0.25) is 4.79 Å². The van der Waals surface area contributed by atoms with Gasteiger partial charge in [-0.15, -0.1) is 0 Å². The van der Waals surface area contributed by atoms with E-state index in [-0.39, 0.29) is 11.8 Å². The number of carbonyl (C=O) groups excluding carboxylic acids is 1. The van der Waals surface area contributed by atoms with Crippen molar-refractivity contribution in [3.8, 4) is 0 Å². The molecule has 1 fully saturated rings. The van der Waals surface area contributed by atoms with E-state index >= 15 is 0 Å². The summed E-state index contributed by atoms with van der Waals surface area (Å²) in [6.45, 7) is 6.16. The van der Waals surface area contributed by atoms with Crippen LogP contribution >= 0.6 is 15.9 Å². The molecule has 1 saturated heterocycles. The Morgan fingerprint density at radius 3 is 3.00 bits per heavy atom. The highest BCUT2D eigenvalue weighted by Crippen LogP contribution is 2.31. The van der Waals surface area contributed by atoms with Crippen molar-refractivity contribution in [1.82, 2.24) is 19.9 Å². The van der Waals surface area contributed by atoms with Crippen LogP contribution in [0.25, 0.3) is 5.65 Å². The number of anilines is 1. The topological polar surface area (TPSA) is 62.5 Å². The molecule has 1 N–H and O–H groups in total. The van der Waals surface area contributed by atoms with Gasteiger partial charge >= 0.3 is 0 Å². The Balaban J connectivity index is 1.77. The first kappa shape index (κ1) is 17.2. The van der Waals surface area contributed by atoms with Crippen molar-refractivity contribution in [2.24, 2.45) is 17.8 Å². The van der Waals surface area contributed by atoms with Gasteiger partial charge in [0.2, 0.25) is 5.91 Å². The fourth-order valence-corrected chi connectivity index (χ4v) is 3.90. The lowest BCUT2D eigenvalue weighted by Crippen LogP contribution is -2.35. The molecule has 130 valence electrons. The largest absolute Gasteiger partial charge is 0.359 e. The Morgan fingerprint density at radius 2 is 2.29 bits per heavy atom. The molecular weight excluding hydrogens is 370 g/mol. The van der Waals surface area contributed by atoms with Crippen LogP contribution in [0.1, 0.15) is 26.7 Å². The van der Waals surface area contributed by atoms with E-state index < -0.39 is 0 Å². The maximum absolute atomic E-state index is 12.3. The second-order valence-corrected chi connectivity index (χ2v) is 7.75. The summed E-state index contributed by atoms with van der Waals surface area (Å²) in [6.07, 6.45) is 5.64. The molecule has 0 aliphatic carbocycles. The molecule has 3 heterocycles. The van der Waals surface area contributed by atoms with Gasteiger partial charge in [0.25, 0.3) is 0 Å². The van der Waals surface area contributed by atoms with E-state index in [9.17, 15) is 4.79 Å². The minimum Gasteiger partial charge on any atom is -0.359 e. The predicted molar refractivity (Wildman–Crippen MR) is 98.0 cm³/mol. The van der Waals surface area contributed by atoms with Gasteiger partial charge in [-0.05, 0) is 46.7 Å². The van der Waals surface area contributed by atoms with E-state index in [2.05, 4.69) is 45.1 Å². The van der Waals surface area contributed by atoms with Gasteiger partial charge in [-0.25, -0.2) is 9.50 Å². The minimum absolute atomic E-state index is 0.0745. The van der Waals surface area contributed by atoms with Gasteiger partial charge in [-0.1, -0.05) is 13.8 Å². The van der Waals surface area contributed by atoms with Crippen molar-refractivity contribution < 1.29 is 4.79 Å². The molecule has 7 heteroatoms. The molecule has 0 bridgehead atoms. The number of hydrogen-bond donors (Lipinski definition) is 1. The molecule has 1 aliphatic rings. The van der Waals surface area contributed by atoms with Gasteiger partial charge in [0.15, 0.2) is 5.65 Å². The Morgan fingerprint density at radius 1 is 1.50 bits per heavy atom. The third kappa shape index (κ3) is 3.41. The van der Waals surface area contributed by atoms with Gasteiger partial charge in [0.05, 0.1) is 10.7 Å². The summed E-state index contributed by atoms with van der Waals surface area (Å²) in [6, 6.07) is 1.99. The number of rotatable bonds is 5. The van der Waals surface area contributed by atoms with E-state index in [0.717, 1.165) is 41.9 Å². The van der Waals surface area contributed by atoms with E-state index in [1.54, 1.807) is 17.8 Å². The van der Waals surface area contributed by atoms with Crippen LogP contribution in [0.2, 0.25) is 0 Å². The Kier molecular flexibility index (Phi) is 5.08. The number of amides is 1. The molecule has 0 aromatic carbocycles. The Labute approximate surface area is 150 Å². The summed E-state index contributed by atoms with van der Waals surface area (Å²) >= 11 is 3.48. The van der Waals surface area contributed by atoms with Crippen LogP contribution < -0.4 is 10.2 Å². The van der Waals surface area contributed by atoms with Crippen LogP contribution in [-0.2, 0) is 4.79 Å². The molecule has 6 nitrogen and oxygen atoms in total. The van der Waals surface area contributed by atoms with Gasteiger partial charge < -0.3 is 10.2 Å². The molecule has 1 amide bonds. The third-order valence-corrected chi connectivity index (χ3v) is 5.30. The minimum atomic E-state index is 0.0745. The van der Waals surface area contributed by atoms with Crippen LogP contribution in [0.4, 0.5) is 5.82 Å². The number of carbonyl (C=O) groups is 1. The zero-order valence-corrected chi connectivity index (χ0v) is 16.0. The number of hydrogen-bond acceptors (Lipinski definition) is 4. The molecule has 2 atom stereocenters. The van der Waals surface area contributed by atoms with Crippen LogP contribution in [0.3, 0.4) is 0 Å². The zero-order valence-electron chi connectivity index (χ0n) is 14.4. The molecule has 2 aromatic rings. The molecule has 0 spiro atoms. The fourth-order valence-electron chi connectivity index (χ4n) is 3.54. The summed E-state index contributed by atoms with van der Waals surface area (Å²) in [5, 5.41) is 7.07. The average Bonchev–Trinajstić information content (AvgIpc) is 3.19. The molecule has 24 heavy (non-hydrogen) atoms. The number of aromatic nitrogens is 3. The van der Waals surface area contributed by atoms with Crippen molar-refractivity contribution >= 4 is 33.3 Å². The standard InChI is InChI=1S/C17H24BrN5O/c1-11(2)8-13(17(24)19-3)12-4-6-22(10-12)15-5-7-23-16(21-15)14(18)9-20-23/h5,7,9,11-13H,4,6,8,10H2,1-3H3,(H,19,24)/t12-,13?/m1/s1. The molecule has 0 saturated carbocycles. The van der Waals surface area contributed by atoms with Gasteiger partial charge in [-0.2, -0.15) is 5.10 Å². The maximum atomic E-state index is 12.3. The van der Waals surface area contributed by atoms with Crippen LogP contribution in [0, 0.1) is 17.8 Å². The zero-order chi connectivity index (χ0) is 17.3. The summed E-state index contributed by atoms with van der Waals surface area (Å²) in [5.41, 5.74) is 0.820. The maximum Gasteiger partial charge on any atom is 0.223 e. The number of fused-ring (bicyclic) bond motifs is 1. The average molecular weight is 394 g/mol. The van der Waals surface area contributed by atoms with Crippen molar-refractivity contribution in [2.45, 2.75) is 26.7 Å². The summed E-state index contributed by atoms with van der Waals surface area (Å²) in [5.74, 6) is 2.08. The molecule has 1 aliphatic heterocycles. The quantitative estimate of drug-likeness (QED) is 0.847. The van der Waals surface area contributed by atoms with Gasteiger partial charge in [0, 0.05) is 32.3 Å². The lowest BCUT2D eigenvalue weighted by molar-refractivity contribution is -0.126. The van der Waals surface area contributed by atoms with Crippen LogP contribution in [0.15, 0.2) is 22.9 Å². The lowest BCUT2D eigenvalue weighted by atomic mass is 9.84. The van der Waals surface area contributed by atoms with E-state index in [1.165, 1.54) is 0 Å². The van der Waals surface area contributed by atoms with E-state index in [0.29, 0.717) is 11.8 Å². The molecule has 2 aromatic heterocycles. The number of nitrogens with one attached hydrogen (secondary N) is 1. The summed E-state index contributed by atoms with van der Waals surface area (Å²) in [7, 11) is 1.73. The van der Waals surface area contributed by atoms with Crippen molar-refractivity contribution in [3.63, 3.8) is 0 Å². The molecule has 3 rings (SSSR count). The van der Waals surface area contributed by atoms with Crippen LogP contribution in [-0.4, -0.2) is 40.6 Å². The Bertz CT molecular complexity index is 729. The van der Waals surface area contributed by atoms with E-state index in [1.807, 2.05) is 12.3 Å². The van der Waals surface area contributed by atoms with Crippen molar-refractivity contribution in [3.05, 3.63) is 22.9 Å². The summed E-state index contributed by atoms with van der Waals surface area (Å²) in [4.78, 5) is 19.3. The lowest BCUT2D eigenvalue weighted by Gasteiger charge is -2.24. The normalized spacial score (nSPS) is 19.2. The first-order valence-electron chi connectivity index (χ1n) is 8.46. The first-order valence-corrected chi connectivity index (χ1v) is 9.25. The fraction of sp³-hybridized carbons (Fsp3) is 0.588. The third-order valence-electron chi connectivity index (χ3n) is 4.74. The summed E-state index contributed by atoms with van der Waals surface area (Å²) < 4.78 is 2.65. The van der Waals surface area contributed by atoms with Gasteiger partial charge in [0.1, 0.15) is 5.82 Å². The highest BCUT2D eigenvalue weighted by Gasteiger charge is 2.34. The molecular formula is C17H24BrN5O. The number of nitrogens with zero attached hydrogens (tertiary/aromatic N) is 4. The number of halogens is 1.